The van der Waals surface area contributed by atoms with E-state index in [1.807, 2.05) is 12.2 Å². The van der Waals surface area contributed by atoms with Gasteiger partial charge in [0.15, 0.2) is 5.78 Å². The van der Waals surface area contributed by atoms with Crippen LogP contribution in [0.15, 0.2) is 59.7 Å². The van der Waals surface area contributed by atoms with Gasteiger partial charge >= 0.3 is 11.9 Å². The smallest absolute Gasteiger partial charge is 0.337 e. The van der Waals surface area contributed by atoms with Crippen molar-refractivity contribution in [3.63, 3.8) is 0 Å². The zero-order valence-corrected chi connectivity index (χ0v) is 17.3. The van der Waals surface area contributed by atoms with Gasteiger partial charge in [0.25, 0.3) is 0 Å². The zero-order valence-electron chi connectivity index (χ0n) is 17.3. The average molecular weight is 404 g/mol. The lowest BCUT2D eigenvalue weighted by Gasteiger charge is -2.22. The van der Waals surface area contributed by atoms with Gasteiger partial charge < -0.3 is 9.47 Å². The molecule has 0 N–H and O–H groups in total. The van der Waals surface area contributed by atoms with Crippen LogP contribution in [0.4, 0.5) is 0 Å². The molecular weight excluding hydrogens is 380 g/mol. The summed E-state index contributed by atoms with van der Waals surface area (Å²) in [6.45, 7) is 2.12. The molecule has 0 unspecified atom stereocenters. The molecule has 2 aromatic carbocycles. The first-order valence-electron chi connectivity index (χ1n) is 9.74. The van der Waals surface area contributed by atoms with Gasteiger partial charge in [-0.25, -0.2) is 9.59 Å². The van der Waals surface area contributed by atoms with E-state index in [2.05, 4.69) is 6.92 Å². The van der Waals surface area contributed by atoms with Crippen molar-refractivity contribution in [2.24, 2.45) is 5.92 Å². The lowest BCUT2D eigenvalue weighted by Crippen LogP contribution is -2.18. The molecule has 5 heteroatoms. The van der Waals surface area contributed by atoms with Gasteiger partial charge in [-0.2, -0.15) is 0 Å². The third-order valence-corrected chi connectivity index (χ3v) is 5.07. The highest BCUT2D eigenvalue weighted by Gasteiger charge is 2.25. The number of hydrogen-bond acceptors (Lipinski definition) is 5. The van der Waals surface area contributed by atoms with E-state index in [1.54, 1.807) is 48.5 Å². The molecule has 1 saturated carbocycles. The highest BCUT2D eigenvalue weighted by atomic mass is 16.5. The molecule has 2 aromatic rings. The normalized spacial score (nSPS) is 19.0. The molecule has 1 fully saturated rings. The Bertz CT molecular complexity index is 929. The van der Waals surface area contributed by atoms with Crippen molar-refractivity contribution in [3.05, 3.63) is 81.9 Å². The molecule has 30 heavy (non-hydrogen) atoms. The summed E-state index contributed by atoms with van der Waals surface area (Å²) in [5.41, 5.74) is 4.16. The van der Waals surface area contributed by atoms with Gasteiger partial charge in [-0.05, 0) is 66.3 Å². The predicted octanol–water partition coefficient (Wildman–Crippen LogP) is 4.73. The minimum atomic E-state index is -0.389. The van der Waals surface area contributed by atoms with Crippen molar-refractivity contribution < 1.29 is 23.9 Å². The summed E-state index contributed by atoms with van der Waals surface area (Å²) in [6.07, 6.45) is 5.17. The van der Waals surface area contributed by atoms with Crippen LogP contribution in [-0.2, 0) is 14.3 Å². The van der Waals surface area contributed by atoms with Crippen molar-refractivity contribution in [2.75, 3.05) is 14.2 Å². The minimum Gasteiger partial charge on any atom is -0.465 e. The third-order valence-electron chi connectivity index (χ3n) is 5.07. The topological polar surface area (TPSA) is 69.7 Å². The summed E-state index contributed by atoms with van der Waals surface area (Å²) < 4.78 is 9.43. The number of carbonyl (C=O) groups excluding carboxylic acids is 3. The van der Waals surface area contributed by atoms with Gasteiger partial charge in [0.2, 0.25) is 0 Å². The fourth-order valence-corrected chi connectivity index (χ4v) is 3.53. The molecule has 1 aliphatic carbocycles. The van der Waals surface area contributed by atoms with E-state index in [9.17, 15) is 14.4 Å². The molecule has 0 radical (unpaired) electrons. The van der Waals surface area contributed by atoms with Crippen LogP contribution in [0.2, 0.25) is 0 Å². The lowest BCUT2D eigenvalue weighted by molar-refractivity contribution is -0.113. The Morgan fingerprint density at radius 1 is 0.767 bits per heavy atom. The maximum Gasteiger partial charge on any atom is 0.337 e. The van der Waals surface area contributed by atoms with Crippen LogP contribution < -0.4 is 0 Å². The number of carbonyl (C=O) groups is 3. The molecule has 0 heterocycles. The van der Waals surface area contributed by atoms with Gasteiger partial charge in [0, 0.05) is 11.1 Å². The second-order valence-corrected chi connectivity index (χ2v) is 7.41. The van der Waals surface area contributed by atoms with Crippen LogP contribution >= 0.6 is 0 Å². The fraction of sp³-hybridized carbons (Fsp3) is 0.240. The Labute approximate surface area is 176 Å². The molecule has 0 aromatic heterocycles. The maximum atomic E-state index is 13.0. The van der Waals surface area contributed by atoms with Crippen molar-refractivity contribution >= 4 is 29.9 Å². The van der Waals surface area contributed by atoms with Crippen molar-refractivity contribution in [1.82, 2.24) is 0 Å². The van der Waals surface area contributed by atoms with Crippen LogP contribution in [0.25, 0.3) is 12.2 Å². The lowest BCUT2D eigenvalue weighted by atomic mass is 9.80. The highest BCUT2D eigenvalue weighted by Crippen LogP contribution is 2.32. The molecule has 0 atom stereocenters. The Balaban J connectivity index is 1.84. The van der Waals surface area contributed by atoms with Crippen LogP contribution in [0.1, 0.15) is 51.6 Å². The number of methoxy groups -OCH3 is 2. The van der Waals surface area contributed by atoms with E-state index in [0.717, 1.165) is 22.3 Å². The van der Waals surface area contributed by atoms with E-state index >= 15 is 0 Å². The summed E-state index contributed by atoms with van der Waals surface area (Å²) in [5, 5.41) is 0. The number of rotatable bonds is 4. The quantitative estimate of drug-likeness (QED) is 0.544. The first-order chi connectivity index (χ1) is 14.4. The first kappa shape index (κ1) is 21.2. The number of ether oxygens (including phenoxy) is 2. The predicted molar refractivity (Wildman–Crippen MR) is 115 cm³/mol. The molecule has 0 spiro atoms. The Kier molecular flexibility index (Phi) is 6.62. The zero-order chi connectivity index (χ0) is 21.7. The van der Waals surface area contributed by atoms with Gasteiger partial charge in [-0.1, -0.05) is 31.2 Å². The molecule has 1 aliphatic rings. The second-order valence-electron chi connectivity index (χ2n) is 7.41. The van der Waals surface area contributed by atoms with E-state index in [0.29, 0.717) is 29.9 Å². The molecule has 0 bridgehead atoms. The molecule has 5 nitrogen and oxygen atoms in total. The van der Waals surface area contributed by atoms with Crippen LogP contribution in [0, 0.1) is 5.92 Å². The third kappa shape index (κ3) is 4.92. The summed E-state index contributed by atoms with van der Waals surface area (Å²) in [7, 11) is 2.69. The first-order valence-corrected chi connectivity index (χ1v) is 9.74. The van der Waals surface area contributed by atoms with E-state index in [-0.39, 0.29) is 17.7 Å². The second kappa shape index (κ2) is 9.35. The number of hydrogen-bond donors (Lipinski definition) is 0. The largest absolute Gasteiger partial charge is 0.465 e. The van der Waals surface area contributed by atoms with Gasteiger partial charge in [-0.15, -0.1) is 0 Å². The van der Waals surface area contributed by atoms with Crippen LogP contribution in [0.3, 0.4) is 0 Å². The molecule has 3 rings (SSSR count). The molecule has 0 saturated heterocycles. The van der Waals surface area contributed by atoms with Crippen LogP contribution in [-0.4, -0.2) is 31.9 Å². The van der Waals surface area contributed by atoms with E-state index in [4.69, 9.17) is 9.47 Å². The highest BCUT2D eigenvalue weighted by molar-refractivity contribution is 6.14. The minimum absolute atomic E-state index is 0.0298. The number of ketones is 1. The Morgan fingerprint density at radius 3 is 1.47 bits per heavy atom. The molecule has 0 amide bonds. The number of Topliss-reactive ketones (excluding diaryl/α,β-unsaturated/α-hetero) is 1. The van der Waals surface area contributed by atoms with Crippen molar-refractivity contribution in [2.45, 2.75) is 19.8 Å². The Hall–Kier alpha value is -3.47. The Morgan fingerprint density at radius 2 is 1.13 bits per heavy atom. The van der Waals surface area contributed by atoms with Crippen LogP contribution in [0.5, 0.6) is 0 Å². The molecule has 0 aliphatic heterocycles. The van der Waals surface area contributed by atoms with E-state index in [1.165, 1.54) is 14.2 Å². The van der Waals surface area contributed by atoms with Crippen molar-refractivity contribution in [3.8, 4) is 0 Å². The summed E-state index contributed by atoms with van der Waals surface area (Å²) in [5.74, 6) is -0.411. The average Bonchev–Trinajstić information content (AvgIpc) is 2.76. The fourth-order valence-electron chi connectivity index (χ4n) is 3.53. The number of benzene rings is 2. The monoisotopic (exact) mass is 404 g/mol. The SMILES string of the molecule is COC(=O)c1ccc(/C=C2\CC(C)C/C(=C\c3ccc(C(=O)OC)cc3)C2=O)cc1. The standard InChI is InChI=1S/C25H24O5/c1-16-12-21(14-17-4-8-19(9-5-17)24(27)29-2)23(26)22(13-16)15-18-6-10-20(11-7-18)25(28)30-3/h4-11,14-16H,12-13H2,1-3H3/b21-14+,22-15+. The van der Waals surface area contributed by atoms with Crippen molar-refractivity contribution in [1.29, 1.82) is 0 Å². The van der Waals surface area contributed by atoms with E-state index < -0.39 is 0 Å². The van der Waals surface area contributed by atoms with Gasteiger partial charge in [0.05, 0.1) is 25.3 Å². The summed E-state index contributed by atoms with van der Waals surface area (Å²) >= 11 is 0. The molecular formula is C25H24O5. The number of allylic oxidation sites excluding steroid dienone is 2. The van der Waals surface area contributed by atoms with Gasteiger partial charge in [0.1, 0.15) is 0 Å². The van der Waals surface area contributed by atoms with Gasteiger partial charge in [-0.3, -0.25) is 4.79 Å². The maximum absolute atomic E-state index is 13.0. The number of esters is 2. The summed E-state index contributed by atoms with van der Waals surface area (Å²) in [6, 6.07) is 14.0. The summed E-state index contributed by atoms with van der Waals surface area (Å²) in [4.78, 5) is 36.2. The molecule has 154 valence electrons.